The molecule has 0 rings (SSSR count). The molecule has 0 saturated carbocycles. The first-order valence-corrected chi connectivity index (χ1v) is 5.23. The third-order valence-corrected chi connectivity index (χ3v) is 2.13. The van der Waals surface area contributed by atoms with Crippen LogP contribution in [-0.4, -0.2) is 70.7 Å². The summed E-state index contributed by atoms with van der Waals surface area (Å²) in [5.74, 6) is -0.667. The van der Waals surface area contributed by atoms with Crippen molar-refractivity contribution in [2.75, 3.05) is 5.75 Å². The van der Waals surface area contributed by atoms with Crippen LogP contribution in [0, 0.1) is 0 Å². The molecule has 0 aromatic heterocycles. The van der Waals surface area contributed by atoms with Crippen LogP contribution in [0.1, 0.15) is 19.8 Å². The monoisotopic (exact) mass is 221 g/mol. The first-order chi connectivity index (χ1) is 5.31. The molecule has 7 heteroatoms. The van der Waals surface area contributed by atoms with Gasteiger partial charge in [-0.1, -0.05) is 0 Å². The molecule has 13 heavy (non-hydrogen) atoms. The third-order valence-electron chi connectivity index (χ3n) is 1.32. The van der Waals surface area contributed by atoms with Crippen LogP contribution in [0.4, 0.5) is 0 Å². The largest absolute Gasteiger partial charge is 0.393 e. The van der Waals surface area contributed by atoms with Crippen LogP contribution in [0.25, 0.3) is 0 Å². The molecule has 3 N–H and O–H groups in total. The van der Waals surface area contributed by atoms with Crippen molar-refractivity contribution in [3.05, 3.63) is 0 Å². The number of aliphatic hydroxyl groups is 2. The quantitative estimate of drug-likeness (QED) is 0.409. The maximum absolute atomic E-state index is 10.2. The molecule has 2 atom stereocenters. The van der Waals surface area contributed by atoms with Gasteiger partial charge in [0, 0.05) is 29.6 Å². The molecule has 0 heterocycles. The van der Waals surface area contributed by atoms with Crippen molar-refractivity contribution in [2.45, 2.75) is 32.0 Å². The van der Waals surface area contributed by atoms with Crippen LogP contribution in [-0.2, 0) is 10.1 Å². The van der Waals surface area contributed by atoms with Crippen LogP contribution >= 0.6 is 0 Å². The maximum Gasteiger partial charge on any atom is 0.267 e. The van der Waals surface area contributed by atoms with E-state index in [1.54, 1.807) is 6.92 Å². The van der Waals surface area contributed by atoms with Gasteiger partial charge in [-0.05, 0) is 19.8 Å². The van der Waals surface area contributed by atoms with Gasteiger partial charge in [0.25, 0.3) is 10.1 Å². The predicted molar refractivity (Wildman–Crippen MR) is 49.1 cm³/mol. The average molecular weight is 221 g/mol. The molecule has 75 valence electrons. The fraction of sp³-hybridized carbons (Fsp3) is 1.00. The van der Waals surface area contributed by atoms with E-state index in [0.29, 0.717) is 6.42 Å². The van der Waals surface area contributed by atoms with Crippen molar-refractivity contribution >= 4 is 39.7 Å². The van der Waals surface area contributed by atoms with E-state index >= 15 is 0 Å². The summed E-state index contributed by atoms with van der Waals surface area (Å²) in [5.41, 5.74) is 0. The van der Waals surface area contributed by atoms with E-state index in [-0.39, 0.29) is 36.0 Å². The first-order valence-electron chi connectivity index (χ1n) is 3.62. The number of rotatable bonds is 5. The summed E-state index contributed by atoms with van der Waals surface area (Å²) in [6.07, 6.45) is -1.19. The average Bonchev–Trinajstić information content (AvgIpc) is 1.79. The zero-order chi connectivity index (χ0) is 9.78. The van der Waals surface area contributed by atoms with Crippen molar-refractivity contribution in [3.8, 4) is 0 Å². The Morgan fingerprint density at radius 3 is 2.00 bits per heavy atom. The van der Waals surface area contributed by atoms with Crippen molar-refractivity contribution in [1.82, 2.24) is 0 Å². The van der Waals surface area contributed by atoms with Gasteiger partial charge in [-0.2, -0.15) is 8.42 Å². The topological polar surface area (TPSA) is 94.8 Å². The third kappa shape index (κ3) is 12.8. The molecule has 0 aromatic carbocycles. The van der Waals surface area contributed by atoms with Gasteiger partial charge in [-0.25, -0.2) is 0 Å². The second kappa shape index (κ2) is 7.17. The molecular formula is C6H14NaO5S. The summed E-state index contributed by atoms with van der Waals surface area (Å²) in [6, 6.07) is 0. The van der Waals surface area contributed by atoms with Gasteiger partial charge in [0.2, 0.25) is 0 Å². The standard InChI is InChI=1S/C6H14O5S.Na/c1-5(7)2-3-6(8)4-12(9,10)11;/h5-8H,2-4H2,1H3,(H,9,10,11);. The Labute approximate surface area is 100 Å². The van der Waals surface area contributed by atoms with Crippen LogP contribution in [0.5, 0.6) is 0 Å². The Bertz CT molecular complexity index is 213. The van der Waals surface area contributed by atoms with Gasteiger partial charge >= 0.3 is 0 Å². The van der Waals surface area contributed by atoms with E-state index in [4.69, 9.17) is 14.8 Å². The van der Waals surface area contributed by atoms with Crippen LogP contribution in [0.15, 0.2) is 0 Å². The summed E-state index contributed by atoms with van der Waals surface area (Å²) in [5, 5.41) is 17.8. The van der Waals surface area contributed by atoms with Gasteiger partial charge in [0.05, 0.1) is 12.2 Å². The smallest absolute Gasteiger partial charge is 0.267 e. The van der Waals surface area contributed by atoms with E-state index < -0.39 is 28.1 Å². The van der Waals surface area contributed by atoms with E-state index in [0.717, 1.165) is 0 Å². The molecule has 1 radical (unpaired) electrons. The predicted octanol–water partition coefficient (Wildman–Crippen LogP) is -0.985. The van der Waals surface area contributed by atoms with Gasteiger partial charge in [-0.3, -0.25) is 4.55 Å². The maximum atomic E-state index is 10.2. The molecule has 0 aliphatic carbocycles. The molecule has 0 aromatic rings. The minimum atomic E-state index is -4.10. The zero-order valence-electron chi connectivity index (χ0n) is 7.84. The molecule has 5 nitrogen and oxygen atoms in total. The van der Waals surface area contributed by atoms with Gasteiger partial charge in [0.15, 0.2) is 0 Å². The first kappa shape index (κ1) is 16.3. The van der Waals surface area contributed by atoms with Crippen LogP contribution in [0.2, 0.25) is 0 Å². The zero-order valence-corrected chi connectivity index (χ0v) is 10.7. The molecule has 0 spiro atoms. The summed E-state index contributed by atoms with van der Waals surface area (Å²) < 4.78 is 28.7. The number of hydrogen-bond donors (Lipinski definition) is 3. The fourth-order valence-electron chi connectivity index (χ4n) is 0.760. The second-order valence-corrected chi connectivity index (χ2v) is 4.33. The van der Waals surface area contributed by atoms with Gasteiger partial charge < -0.3 is 10.2 Å². The SMILES string of the molecule is CC(O)CCC(O)CS(=O)(=O)O.[Na]. The van der Waals surface area contributed by atoms with Crippen molar-refractivity contribution in [2.24, 2.45) is 0 Å². The molecule has 0 saturated heterocycles. The van der Waals surface area contributed by atoms with Crippen molar-refractivity contribution in [3.63, 3.8) is 0 Å². The molecule has 0 aliphatic heterocycles. The fourth-order valence-corrected chi connectivity index (χ4v) is 1.41. The second-order valence-electron chi connectivity index (χ2n) is 2.83. The summed E-state index contributed by atoms with van der Waals surface area (Å²) in [7, 11) is -4.10. The Morgan fingerprint density at radius 2 is 1.69 bits per heavy atom. The Balaban J connectivity index is 0. The van der Waals surface area contributed by atoms with E-state index in [2.05, 4.69) is 0 Å². The van der Waals surface area contributed by atoms with Crippen molar-refractivity contribution in [1.29, 1.82) is 0 Å². The molecule has 0 amide bonds. The van der Waals surface area contributed by atoms with E-state index in [1.165, 1.54) is 0 Å². The normalized spacial score (nSPS) is 16.0. The van der Waals surface area contributed by atoms with E-state index in [9.17, 15) is 8.42 Å². The summed E-state index contributed by atoms with van der Waals surface area (Å²) in [4.78, 5) is 0. The summed E-state index contributed by atoms with van der Waals surface area (Å²) in [6.45, 7) is 1.54. The Hall–Kier alpha value is 0.830. The van der Waals surface area contributed by atoms with Crippen molar-refractivity contribution < 1.29 is 23.2 Å². The van der Waals surface area contributed by atoms with Crippen LogP contribution in [0.3, 0.4) is 0 Å². The Kier molecular flexibility index (Phi) is 8.97. The number of aliphatic hydroxyl groups excluding tert-OH is 2. The minimum absolute atomic E-state index is 0. The minimum Gasteiger partial charge on any atom is -0.393 e. The van der Waals surface area contributed by atoms with Crippen LogP contribution < -0.4 is 0 Å². The number of hydrogen-bond acceptors (Lipinski definition) is 4. The molecule has 2 unspecified atom stereocenters. The van der Waals surface area contributed by atoms with E-state index in [1.807, 2.05) is 0 Å². The Morgan fingerprint density at radius 1 is 1.23 bits per heavy atom. The summed E-state index contributed by atoms with van der Waals surface area (Å²) >= 11 is 0. The molecule has 0 bridgehead atoms. The molecule has 0 fully saturated rings. The molecular weight excluding hydrogens is 207 g/mol. The van der Waals surface area contributed by atoms with Gasteiger partial charge in [0.1, 0.15) is 5.75 Å². The van der Waals surface area contributed by atoms with Gasteiger partial charge in [-0.15, -0.1) is 0 Å². The molecule has 0 aliphatic rings.